The van der Waals surface area contributed by atoms with Gasteiger partial charge in [-0.1, -0.05) is 17.7 Å². The van der Waals surface area contributed by atoms with E-state index in [1.165, 1.54) is 12.1 Å². The van der Waals surface area contributed by atoms with Gasteiger partial charge in [-0.2, -0.15) is 0 Å². The molecule has 0 aromatic heterocycles. The van der Waals surface area contributed by atoms with Crippen LogP contribution in [0, 0.1) is 5.82 Å². The Bertz CT molecular complexity index is 530. The van der Waals surface area contributed by atoms with Crippen LogP contribution in [0.1, 0.15) is 23.2 Å². The third-order valence-corrected chi connectivity index (χ3v) is 2.79. The summed E-state index contributed by atoms with van der Waals surface area (Å²) in [5.74, 6) is -3.89. The summed E-state index contributed by atoms with van der Waals surface area (Å²) in [5, 5.41) is 10.9. The number of benzene rings is 1. The van der Waals surface area contributed by atoms with Crippen LogP contribution in [0.4, 0.5) is 4.39 Å². The fourth-order valence-corrected chi connectivity index (χ4v) is 1.74. The summed E-state index contributed by atoms with van der Waals surface area (Å²) in [6.45, 7) is 0. The number of primary amides is 1. The van der Waals surface area contributed by atoms with E-state index in [1.807, 2.05) is 0 Å². The van der Waals surface area contributed by atoms with Crippen LogP contribution in [0.15, 0.2) is 18.2 Å². The molecule has 1 atom stereocenters. The summed E-state index contributed by atoms with van der Waals surface area (Å²) in [7, 11) is 0. The minimum atomic E-state index is -1.36. The number of amides is 2. The number of hydrogen-bond donors (Lipinski definition) is 3. The fourth-order valence-electron chi connectivity index (χ4n) is 1.49. The maximum absolute atomic E-state index is 13.5. The van der Waals surface area contributed by atoms with Gasteiger partial charge in [0.15, 0.2) is 0 Å². The van der Waals surface area contributed by atoms with Crippen LogP contribution >= 0.6 is 11.6 Å². The fraction of sp³-hybridized carbons (Fsp3) is 0.250. The molecule has 0 aliphatic carbocycles. The second kappa shape index (κ2) is 6.85. The maximum atomic E-state index is 13.5. The molecule has 0 spiro atoms. The predicted octanol–water partition coefficient (Wildman–Crippen LogP) is 0.928. The summed E-state index contributed by atoms with van der Waals surface area (Å²) >= 11 is 5.69. The highest BCUT2D eigenvalue weighted by atomic mass is 35.5. The van der Waals surface area contributed by atoms with Crippen molar-refractivity contribution < 1.29 is 23.9 Å². The highest BCUT2D eigenvalue weighted by Crippen LogP contribution is 2.19. The van der Waals surface area contributed by atoms with Crippen LogP contribution in [0.25, 0.3) is 0 Å². The Morgan fingerprint density at radius 1 is 1.40 bits per heavy atom. The number of aliphatic carboxylic acids is 1. The van der Waals surface area contributed by atoms with Gasteiger partial charge in [-0.25, -0.2) is 9.18 Å². The molecule has 0 radical (unpaired) electrons. The minimum Gasteiger partial charge on any atom is -0.480 e. The van der Waals surface area contributed by atoms with Crippen LogP contribution in [0.2, 0.25) is 5.02 Å². The number of hydrogen-bond acceptors (Lipinski definition) is 3. The molecule has 0 aliphatic heterocycles. The van der Waals surface area contributed by atoms with Gasteiger partial charge in [0.05, 0.1) is 10.6 Å². The zero-order chi connectivity index (χ0) is 15.3. The van der Waals surface area contributed by atoms with E-state index in [4.69, 9.17) is 22.4 Å². The molecule has 0 heterocycles. The standard InChI is InChI=1S/C12H12ClFN2O4/c13-6-2-1-3-7(14)10(6)11(18)16-8(12(19)20)4-5-9(15)17/h1-3,8H,4-5H2,(H2,15,17)(H,16,18)(H,19,20)/t8-/m0/s1. The van der Waals surface area contributed by atoms with E-state index in [0.717, 1.165) is 6.07 Å². The maximum Gasteiger partial charge on any atom is 0.326 e. The average molecular weight is 303 g/mol. The Hall–Kier alpha value is -2.15. The van der Waals surface area contributed by atoms with Crippen LogP contribution in [-0.4, -0.2) is 28.9 Å². The average Bonchev–Trinajstić information content (AvgIpc) is 2.33. The summed E-state index contributed by atoms with van der Waals surface area (Å²) in [6, 6.07) is 2.29. The van der Waals surface area contributed by atoms with Gasteiger partial charge >= 0.3 is 5.97 Å². The number of carbonyl (C=O) groups is 3. The second-order valence-electron chi connectivity index (χ2n) is 3.97. The molecule has 0 saturated heterocycles. The van der Waals surface area contributed by atoms with E-state index in [-0.39, 0.29) is 17.9 Å². The lowest BCUT2D eigenvalue weighted by Gasteiger charge is -2.14. The normalized spacial score (nSPS) is 11.7. The first kappa shape index (κ1) is 15.9. The highest BCUT2D eigenvalue weighted by Gasteiger charge is 2.24. The topological polar surface area (TPSA) is 109 Å². The lowest BCUT2D eigenvalue weighted by Crippen LogP contribution is -2.41. The molecule has 20 heavy (non-hydrogen) atoms. The molecule has 6 nitrogen and oxygen atoms in total. The Labute approximate surface area is 118 Å². The number of nitrogens with two attached hydrogens (primary N) is 1. The van der Waals surface area contributed by atoms with Crippen molar-refractivity contribution in [2.24, 2.45) is 5.73 Å². The van der Waals surface area contributed by atoms with Gasteiger partial charge in [0.2, 0.25) is 5.91 Å². The number of nitrogens with one attached hydrogen (secondary N) is 1. The molecule has 1 rings (SSSR count). The van der Waals surface area contributed by atoms with Crippen molar-refractivity contribution in [1.82, 2.24) is 5.32 Å². The third-order valence-electron chi connectivity index (χ3n) is 2.47. The predicted molar refractivity (Wildman–Crippen MR) is 68.7 cm³/mol. The molecule has 0 saturated carbocycles. The largest absolute Gasteiger partial charge is 0.480 e. The molecule has 1 aromatic rings. The SMILES string of the molecule is NC(=O)CC[C@H](NC(=O)c1c(F)cccc1Cl)C(=O)O. The number of carboxylic acid groups (broad SMARTS) is 1. The number of carboxylic acids is 1. The molecule has 1 aromatic carbocycles. The van der Waals surface area contributed by atoms with E-state index in [1.54, 1.807) is 0 Å². The molecule has 0 unspecified atom stereocenters. The summed E-state index contributed by atoms with van der Waals surface area (Å²) < 4.78 is 13.5. The van der Waals surface area contributed by atoms with Gasteiger partial charge in [-0.15, -0.1) is 0 Å². The van der Waals surface area contributed by atoms with E-state index < -0.39 is 35.2 Å². The number of carbonyl (C=O) groups excluding carboxylic acids is 2. The molecule has 108 valence electrons. The van der Waals surface area contributed by atoms with Crippen molar-refractivity contribution in [3.63, 3.8) is 0 Å². The van der Waals surface area contributed by atoms with Gasteiger partial charge in [-0.3, -0.25) is 9.59 Å². The summed E-state index contributed by atoms with van der Waals surface area (Å²) in [5.41, 5.74) is 4.46. The zero-order valence-electron chi connectivity index (χ0n) is 10.2. The number of halogens is 2. The first-order valence-electron chi connectivity index (χ1n) is 5.59. The van der Waals surface area contributed by atoms with Gasteiger partial charge in [-0.05, 0) is 18.6 Å². The van der Waals surface area contributed by atoms with Gasteiger partial charge < -0.3 is 16.2 Å². The van der Waals surface area contributed by atoms with Crippen molar-refractivity contribution in [2.75, 3.05) is 0 Å². The molecule has 0 fully saturated rings. The van der Waals surface area contributed by atoms with Crippen LogP contribution in [0.5, 0.6) is 0 Å². The van der Waals surface area contributed by atoms with E-state index in [0.29, 0.717) is 0 Å². The molecular formula is C12H12ClFN2O4. The molecule has 0 bridgehead atoms. The Morgan fingerprint density at radius 3 is 2.55 bits per heavy atom. The second-order valence-corrected chi connectivity index (χ2v) is 4.37. The van der Waals surface area contributed by atoms with Crippen molar-refractivity contribution >= 4 is 29.4 Å². The van der Waals surface area contributed by atoms with Gasteiger partial charge in [0, 0.05) is 6.42 Å². The smallest absolute Gasteiger partial charge is 0.326 e. The van der Waals surface area contributed by atoms with Crippen molar-refractivity contribution in [3.05, 3.63) is 34.6 Å². The van der Waals surface area contributed by atoms with Gasteiger partial charge in [0.25, 0.3) is 5.91 Å². The Kier molecular flexibility index (Phi) is 5.45. The molecule has 2 amide bonds. The van der Waals surface area contributed by atoms with Gasteiger partial charge in [0.1, 0.15) is 11.9 Å². The molecule has 8 heteroatoms. The lowest BCUT2D eigenvalue weighted by atomic mass is 10.1. The van der Waals surface area contributed by atoms with E-state index in [9.17, 15) is 18.8 Å². The highest BCUT2D eigenvalue weighted by molar-refractivity contribution is 6.33. The first-order chi connectivity index (χ1) is 9.32. The van der Waals surface area contributed by atoms with Crippen LogP contribution in [0.3, 0.4) is 0 Å². The van der Waals surface area contributed by atoms with Crippen molar-refractivity contribution in [1.29, 1.82) is 0 Å². The third kappa shape index (κ3) is 4.20. The summed E-state index contributed by atoms with van der Waals surface area (Å²) in [6.07, 6.45) is -0.412. The lowest BCUT2D eigenvalue weighted by molar-refractivity contribution is -0.139. The van der Waals surface area contributed by atoms with Crippen molar-refractivity contribution in [2.45, 2.75) is 18.9 Å². The number of rotatable bonds is 6. The minimum absolute atomic E-state index is 0.137. The molecule has 0 aliphatic rings. The Morgan fingerprint density at radius 2 is 2.05 bits per heavy atom. The van der Waals surface area contributed by atoms with E-state index >= 15 is 0 Å². The zero-order valence-corrected chi connectivity index (χ0v) is 11.0. The van der Waals surface area contributed by atoms with E-state index in [2.05, 4.69) is 5.32 Å². The molecule has 4 N–H and O–H groups in total. The monoisotopic (exact) mass is 302 g/mol. The Balaban J connectivity index is 2.86. The first-order valence-corrected chi connectivity index (χ1v) is 5.96. The summed E-state index contributed by atoms with van der Waals surface area (Å²) in [4.78, 5) is 33.4. The quantitative estimate of drug-likeness (QED) is 0.726. The molecular weight excluding hydrogens is 291 g/mol. The van der Waals surface area contributed by atoms with Crippen LogP contribution in [-0.2, 0) is 9.59 Å². The van der Waals surface area contributed by atoms with Crippen molar-refractivity contribution in [3.8, 4) is 0 Å². The van der Waals surface area contributed by atoms with Crippen LogP contribution < -0.4 is 11.1 Å².